The quantitative estimate of drug-likeness (QED) is 0.531. The molecule has 5 N–H and O–H groups in total. The molecule has 0 radical (unpaired) electrons. The number of aliphatic hydroxyl groups is 3. The fourth-order valence-electron chi connectivity index (χ4n) is 1.02. The van der Waals surface area contributed by atoms with Crippen molar-refractivity contribution in [3.05, 3.63) is 24.3 Å². The van der Waals surface area contributed by atoms with Crippen LogP contribution in [0.4, 0.5) is 0 Å². The zero-order chi connectivity index (χ0) is 15.8. The molecule has 0 aromatic heterocycles. The number of thiol groups is 1. The van der Waals surface area contributed by atoms with Gasteiger partial charge < -0.3 is 25.8 Å². The van der Waals surface area contributed by atoms with Gasteiger partial charge in [-0.15, -0.1) is 12.6 Å². The summed E-state index contributed by atoms with van der Waals surface area (Å²) in [5.74, 6) is 0.889. The topological polar surface area (TPSA) is 95.9 Å². The molecule has 0 fully saturated rings. The standard InChI is InChI=1S/C10H14OS.C4H11NO3/c1-10(2,3)11-8-4-6-9(12)7-5-8;5-4(1-6,2-7)3-8/h4-7,12H,1-3H3;6-8H,1-3,5H2. The molecule has 0 amide bonds. The number of ether oxygens (including phenoxy) is 1. The van der Waals surface area contributed by atoms with Crippen LogP contribution < -0.4 is 10.5 Å². The second-order valence-corrected chi connectivity index (χ2v) is 6.06. The van der Waals surface area contributed by atoms with Gasteiger partial charge >= 0.3 is 0 Å². The lowest BCUT2D eigenvalue weighted by Crippen LogP contribution is -2.50. The first-order chi connectivity index (χ1) is 9.15. The Morgan fingerprint density at radius 3 is 1.65 bits per heavy atom. The van der Waals surface area contributed by atoms with Gasteiger partial charge in [-0.25, -0.2) is 0 Å². The van der Waals surface area contributed by atoms with Gasteiger partial charge in [0.25, 0.3) is 0 Å². The summed E-state index contributed by atoms with van der Waals surface area (Å²) >= 11 is 4.19. The van der Waals surface area contributed by atoms with Crippen LogP contribution in [0.25, 0.3) is 0 Å². The number of hydrogen-bond acceptors (Lipinski definition) is 6. The molecular formula is C14H25NO4S. The maximum absolute atomic E-state index is 8.34. The van der Waals surface area contributed by atoms with Crippen LogP contribution in [0.2, 0.25) is 0 Å². The lowest BCUT2D eigenvalue weighted by Gasteiger charge is -2.21. The Hall–Kier alpha value is -0.790. The number of nitrogens with two attached hydrogens (primary N) is 1. The number of aliphatic hydroxyl groups excluding tert-OH is 3. The normalized spacial score (nSPS) is 11.6. The molecule has 0 spiro atoms. The summed E-state index contributed by atoms with van der Waals surface area (Å²) in [6, 6.07) is 7.69. The average molecular weight is 303 g/mol. The first kappa shape index (κ1) is 19.2. The van der Waals surface area contributed by atoms with Crippen molar-refractivity contribution in [2.45, 2.75) is 36.8 Å². The molecule has 0 saturated heterocycles. The summed E-state index contributed by atoms with van der Waals surface area (Å²) in [6.07, 6.45) is 0. The summed E-state index contributed by atoms with van der Waals surface area (Å²) in [7, 11) is 0. The number of rotatable bonds is 4. The van der Waals surface area contributed by atoms with Crippen LogP contribution in [0.3, 0.4) is 0 Å². The summed E-state index contributed by atoms with van der Waals surface area (Å²) in [5, 5.41) is 25.0. The van der Waals surface area contributed by atoms with Crippen molar-refractivity contribution in [1.29, 1.82) is 0 Å². The molecule has 1 aromatic carbocycles. The van der Waals surface area contributed by atoms with E-state index in [0.717, 1.165) is 10.6 Å². The van der Waals surface area contributed by atoms with E-state index in [2.05, 4.69) is 12.6 Å². The molecule has 6 heteroatoms. The minimum atomic E-state index is -1.21. The summed E-state index contributed by atoms with van der Waals surface area (Å²) in [5.41, 5.74) is 3.81. The largest absolute Gasteiger partial charge is 0.488 e. The van der Waals surface area contributed by atoms with Gasteiger partial charge in [0.05, 0.1) is 25.4 Å². The molecule has 0 atom stereocenters. The van der Waals surface area contributed by atoms with E-state index in [1.165, 1.54) is 0 Å². The second kappa shape index (κ2) is 8.49. The van der Waals surface area contributed by atoms with Crippen molar-refractivity contribution in [2.75, 3.05) is 19.8 Å². The van der Waals surface area contributed by atoms with Gasteiger partial charge in [-0.1, -0.05) is 0 Å². The highest BCUT2D eigenvalue weighted by molar-refractivity contribution is 7.80. The molecule has 0 saturated carbocycles. The monoisotopic (exact) mass is 303 g/mol. The SMILES string of the molecule is CC(C)(C)Oc1ccc(S)cc1.NC(CO)(CO)CO. The van der Waals surface area contributed by atoms with Crippen LogP contribution in [-0.4, -0.2) is 46.3 Å². The zero-order valence-electron chi connectivity index (χ0n) is 12.2. The first-order valence-electron chi connectivity index (χ1n) is 6.25. The summed E-state index contributed by atoms with van der Waals surface area (Å²) < 4.78 is 5.62. The first-order valence-corrected chi connectivity index (χ1v) is 6.70. The molecule has 20 heavy (non-hydrogen) atoms. The van der Waals surface area contributed by atoms with Crippen LogP contribution in [-0.2, 0) is 0 Å². The molecule has 1 rings (SSSR count). The Labute approximate surface area is 125 Å². The van der Waals surface area contributed by atoms with Crippen molar-refractivity contribution in [3.63, 3.8) is 0 Å². The minimum absolute atomic E-state index is 0.127. The van der Waals surface area contributed by atoms with Crippen molar-refractivity contribution < 1.29 is 20.1 Å². The fraction of sp³-hybridized carbons (Fsp3) is 0.571. The highest BCUT2D eigenvalue weighted by Gasteiger charge is 2.20. The third-order valence-corrected chi connectivity index (χ3v) is 2.50. The second-order valence-electron chi connectivity index (χ2n) is 5.55. The number of hydrogen-bond donors (Lipinski definition) is 5. The van der Waals surface area contributed by atoms with Crippen LogP contribution in [0.15, 0.2) is 29.2 Å². The van der Waals surface area contributed by atoms with E-state index in [9.17, 15) is 0 Å². The van der Waals surface area contributed by atoms with E-state index in [1.54, 1.807) is 0 Å². The lowest BCUT2D eigenvalue weighted by atomic mass is 10.1. The molecule has 0 heterocycles. The van der Waals surface area contributed by atoms with E-state index in [1.807, 2.05) is 45.0 Å². The van der Waals surface area contributed by atoms with E-state index in [-0.39, 0.29) is 5.60 Å². The lowest BCUT2D eigenvalue weighted by molar-refractivity contribution is 0.0697. The Bertz CT molecular complexity index is 363. The van der Waals surface area contributed by atoms with Crippen molar-refractivity contribution in [3.8, 4) is 5.75 Å². The van der Waals surface area contributed by atoms with Gasteiger partial charge in [0.2, 0.25) is 0 Å². The number of benzene rings is 1. The van der Waals surface area contributed by atoms with E-state index in [4.69, 9.17) is 25.8 Å². The molecule has 5 nitrogen and oxygen atoms in total. The Balaban J connectivity index is 0.000000396. The highest BCUT2D eigenvalue weighted by Crippen LogP contribution is 2.19. The van der Waals surface area contributed by atoms with E-state index < -0.39 is 25.4 Å². The molecular weight excluding hydrogens is 278 g/mol. The van der Waals surface area contributed by atoms with Gasteiger partial charge in [-0.3, -0.25) is 0 Å². The minimum Gasteiger partial charge on any atom is -0.488 e. The molecule has 116 valence electrons. The Morgan fingerprint density at radius 1 is 1.00 bits per heavy atom. The van der Waals surface area contributed by atoms with Crippen LogP contribution in [0.5, 0.6) is 5.75 Å². The average Bonchev–Trinajstić information content (AvgIpc) is 2.40. The summed E-state index contributed by atoms with van der Waals surface area (Å²) in [4.78, 5) is 0.955. The summed E-state index contributed by atoms with van der Waals surface area (Å²) in [6.45, 7) is 4.88. The van der Waals surface area contributed by atoms with Gasteiger partial charge in [-0.05, 0) is 45.0 Å². The molecule has 1 aromatic rings. The van der Waals surface area contributed by atoms with Gasteiger partial charge in [0.15, 0.2) is 0 Å². The van der Waals surface area contributed by atoms with Gasteiger partial charge in [0, 0.05) is 4.90 Å². The zero-order valence-corrected chi connectivity index (χ0v) is 13.1. The Kier molecular flexibility index (Phi) is 8.15. The maximum Gasteiger partial charge on any atom is 0.120 e. The molecule has 0 unspecified atom stereocenters. The molecule has 0 aliphatic rings. The smallest absolute Gasteiger partial charge is 0.120 e. The maximum atomic E-state index is 8.34. The molecule has 0 bridgehead atoms. The van der Waals surface area contributed by atoms with Crippen molar-refractivity contribution in [2.24, 2.45) is 5.73 Å². The van der Waals surface area contributed by atoms with E-state index in [0.29, 0.717) is 0 Å². The van der Waals surface area contributed by atoms with Crippen LogP contribution in [0.1, 0.15) is 20.8 Å². The predicted octanol–water partition coefficient (Wildman–Crippen LogP) is 0.813. The fourth-order valence-corrected chi connectivity index (χ4v) is 1.17. The molecule has 0 aliphatic heterocycles. The Morgan fingerprint density at radius 2 is 1.40 bits per heavy atom. The van der Waals surface area contributed by atoms with Crippen LogP contribution in [0, 0.1) is 0 Å². The van der Waals surface area contributed by atoms with Gasteiger partial charge in [0.1, 0.15) is 11.4 Å². The van der Waals surface area contributed by atoms with Gasteiger partial charge in [-0.2, -0.15) is 0 Å². The van der Waals surface area contributed by atoms with Crippen molar-refractivity contribution >= 4 is 12.6 Å². The predicted molar refractivity (Wildman–Crippen MR) is 82.3 cm³/mol. The molecule has 0 aliphatic carbocycles. The van der Waals surface area contributed by atoms with Crippen LogP contribution >= 0.6 is 12.6 Å². The highest BCUT2D eigenvalue weighted by atomic mass is 32.1. The third kappa shape index (κ3) is 8.39. The van der Waals surface area contributed by atoms with E-state index >= 15 is 0 Å². The van der Waals surface area contributed by atoms with Crippen molar-refractivity contribution in [1.82, 2.24) is 0 Å². The third-order valence-electron chi connectivity index (χ3n) is 2.21.